The Balaban J connectivity index is 2.35. The van der Waals surface area contributed by atoms with Crippen molar-refractivity contribution in [2.24, 2.45) is 5.92 Å². The molecule has 1 nitrogen and oxygen atoms in total. The van der Waals surface area contributed by atoms with E-state index in [1.165, 1.54) is 45.1 Å². The van der Waals surface area contributed by atoms with E-state index in [0.717, 1.165) is 12.0 Å². The summed E-state index contributed by atoms with van der Waals surface area (Å²) in [6, 6.07) is 0.822. The second-order valence-electron chi connectivity index (χ2n) is 3.99. The molecule has 0 aromatic rings. The largest absolute Gasteiger partial charge is 0.314 e. The van der Waals surface area contributed by atoms with Gasteiger partial charge in [0.2, 0.25) is 0 Å². The fraction of sp³-hybridized carbons (Fsp3) is 1.00. The lowest BCUT2D eigenvalue weighted by Gasteiger charge is -2.24. The van der Waals surface area contributed by atoms with Crippen molar-refractivity contribution in [1.82, 2.24) is 5.32 Å². The van der Waals surface area contributed by atoms with E-state index in [1.807, 2.05) is 0 Å². The van der Waals surface area contributed by atoms with E-state index < -0.39 is 0 Å². The summed E-state index contributed by atoms with van der Waals surface area (Å²) >= 11 is 0. The van der Waals surface area contributed by atoms with Crippen LogP contribution in [0.2, 0.25) is 0 Å². The maximum Gasteiger partial charge on any atom is 0.00951 e. The summed E-state index contributed by atoms with van der Waals surface area (Å²) < 4.78 is 0. The van der Waals surface area contributed by atoms with Crippen molar-refractivity contribution < 1.29 is 0 Å². The molecule has 0 radical (unpaired) electrons. The van der Waals surface area contributed by atoms with Crippen molar-refractivity contribution in [3.63, 3.8) is 0 Å². The molecule has 12 heavy (non-hydrogen) atoms. The Bertz CT molecular complexity index is 99.6. The summed E-state index contributed by atoms with van der Waals surface area (Å²) in [6.45, 7) is 5.89. The Morgan fingerprint density at radius 2 is 1.92 bits per heavy atom. The summed E-state index contributed by atoms with van der Waals surface area (Å²) in [5.74, 6) is 0.920. The van der Waals surface area contributed by atoms with E-state index >= 15 is 0 Å². The van der Waals surface area contributed by atoms with Crippen LogP contribution < -0.4 is 5.32 Å². The lowest BCUT2D eigenvalue weighted by atomic mass is 9.91. The smallest absolute Gasteiger partial charge is 0.00951 e. The second-order valence-corrected chi connectivity index (χ2v) is 3.99. The van der Waals surface area contributed by atoms with Gasteiger partial charge in [-0.15, -0.1) is 0 Å². The predicted molar refractivity (Wildman–Crippen MR) is 54.3 cm³/mol. The molecule has 0 spiro atoms. The molecule has 0 amide bonds. The van der Waals surface area contributed by atoms with Gasteiger partial charge in [0.1, 0.15) is 0 Å². The highest BCUT2D eigenvalue weighted by molar-refractivity contribution is 4.76. The highest BCUT2D eigenvalue weighted by Crippen LogP contribution is 2.20. The molecule has 1 aliphatic heterocycles. The van der Waals surface area contributed by atoms with Crippen molar-refractivity contribution in [2.45, 2.75) is 58.4 Å². The van der Waals surface area contributed by atoms with Gasteiger partial charge < -0.3 is 5.32 Å². The average molecular weight is 169 g/mol. The summed E-state index contributed by atoms with van der Waals surface area (Å²) in [4.78, 5) is 0. The third-order valence-corrected chi connectivity index (χ3v) is 3.22. The minimum absolute atomic E-state index is 0.822. The van der Waals surface area contributed by atoms with Gasteiger partial charge in [-0.25, -0.2) is 0 Å². The van der Waals surface area contributed by atoms with Crippen LogP contribution in [-0.4, -0.2) is 12.6 Å². The molecule has 1 fully saturated rings. The van der Waals surface area contributed by atoms with Gasteiger partial charge in [0, 0.05) is 6.04 Å². The zero-order chi connectivity index (χ0) is 8.81. The van der Waals surface area contributed by atoms with Crippen LogP contribution in [-0.2, 0) is 0 Å². The van der Waals surface area contributed by atoms with Crippen LogP contribution in [0.3, 0.4) is 0 Å². The molecule has 0 unspecified atom stereocenters. The van der Waals surface area contributed by atoms with Gasteiger partial charge >= 0.3 is 0 Å². The third-order valence-electron chi connectivity index (χ3n) is 3.22. The van der Waals surface area contributed by atoms with Crippen molar-refractivity contribution in [3.8, 4) is 0 Å². The Morgan fingerprint density at radius 3 is 2.58 bits per heavy atom. The van der Waals surface area contributed by atoms with Crippen LogP contribution in [0, 0.1) is 5.92 Å². The molecule has 1 heterocycles. The summed E-state index contributed by atoms with van der Waals surface area (Å²) in [7, 11) is 0. The monoisotopic (exact) mass is 169 g/mol. The van der Waals surface area contributed by atoms with Gasteiger partial charge in [-0.2, -0.15) is 0 Å². The quantitative estimate of drug-likeness (QED) is 0.685. The Kier molecular flexibility index (Phi) is 4.67. The second kappa shape index (κ2) is 5.58. The maximum atomic E-state index is 3.68. The van der Waals surface area contributed by atoms with Crippen LogP contribution >= 0.6 is 0 Å². The molecular formula is C11H23N. The lowest BCUT2D eigenvalue weighted by Crippen LogP contribution is -2.34. The van der Waals surface area contributed by atoms with Crippen LogP contribution in [0.4, 0.5) is 0 Å². The maximum absolute atomic E-state index is 3.68. The summed E-state index contributed by atoms with van der Waals surface area (Å²) in [5, 5.41) is 3.68. The normalized spacial score (nSPS) is 25.8. The molecule has 1 N–H and O–H groups in total. The van der Waals surface area contributed by atoms with Gasteiger partial charge in [-0.05, 0) is 25.3 Å². The van der Waals surface area contributed by atoms with Gasteiger partial charge in [-0.1, -0.05) is 39.5 Å². The molecule has 1 atom stereocenters. The van der Waals surface area contributed by atoms with Gasteiger partial charge in [0.15, 0.2) is 0 Å². The summed E-state index contributed by atoms with van der Waals surface area (Å²) in [5.41, 5.74) is 0. The van der Waals surface area contributed by atoms with Crippen molar-refractivity contribution in [3.05, 3.63) is 0 Å². The molecule has 0 saturated carbocycles. The zero-order valence-corrected chi connectivity index (χ0v) is 8.60. The summed E-state index contributed by atoms with van der Waals surface area (Å²) in [6.07, 6.45) is 8.35. The van der Waals surface area contributed by atoms with Crippen molar-refractivity contribution in [2.75, 3.05) is 6.54 Å². The van der Waals surface area contributed by atoms with E-state index in [1.54, 1.807) is 0 Å². The third kappa shape index (κ3) is 2.78. The zero-order valence-electron chi connectivity index (χ0n) is 8.60. The fourth-order valence-electron chi connectivity index (χ4n) is 2.32. The van der Waals surface area contributed by atoms with Crippen LogP contribution in [0.5, 0.6) is 0 Å². The molecule has 1 rings (SSSR count). The highest BCUT2D eigenvalue weighted by Gasteiger charge is 2.18. The Hall–Kier alpha value is -0.0400. The molecular weight excluding hydrogens is 146 g/mol. The van der Waals surface area contributed by atoms with E-state index in [9.17, 15) is 0 Å². The van der Waals surface area contributed by atoms with Gasteiger partial charge in [-0.3, -0.25) is 0 Å². The number of nitrogens with one attached hydrogen (secondary N) is 1. The predicted octanol–water partition coefficient (Wildman–Crippen LogP) is 2.95. The first-order valence-electron chi connectivity index (χ1n) is 5.61. The van der Waals surface area contributed by atoms with E-state index in [0.29, 0.717) is 0 Å². The first kappa shape index (κ1) is 10.0. The number of rotatable bonds is 3. The van der Waals surface area contributed by atoms with Crippen LogP contribution in [0.15, 0.2) is 0 Å². The van der Waals surface area contributed by atoms with Gasteiger partial charge in [0.05, 0.1) is 0 Å². The SMILES string of the molecule is CCC(CC)[C@H]1CCCCCN1. The molecule has 1 heteroatoms. The topological polar surface area (TPSA) is 12.0 Å². The highest BCUT2D eigenvalue weighted by atomic mass is 14.9. The first-order valence-corrected chi connectivity index (χ1v) is 5.61. The molecule has 0 bridgehead atoms. The molecule has 0 aromatic carbocycles. The lowest BCUT2D eigenvalue weighted by molar-refractivity contribution is 0.329. The minimum atomic E-state index is 0.822. The van der Waals surface area contributed by atoms with E-state index in [-0.39, 0.29) is 0 Å². The molecule has 1 aliphatic rings. The van der Waals surface area contributed by atoms with E-state index in [4.69, 9.17) is 0 Å². The Morgan fingerprint density at radius 1 is 1.17 bits per heavy atom. The van der Waals surface area contributed by atoms with Crippen LogP contribution in [0.25, 0.3) is 0 Å². The average Bonchev–Trinajstić information content (AvgIpc) is 2.35. The number of hydrogen-bond acceptors (Lipinski definition) is 1. The van der Waals surface area contributed by atoms with Crippen LogP contribution in [0.1, 0.15) is 52.4 Å². The molecule has 72 valence electrons. The standard InChI is InChI=1S/C11H23N/c1-3-10(4-2)11-8-6-5-7-9-12-11/h10-12H,3-9H2,1-2H3/t11-/m1/s1. The fourth-order valence-corrected chi connectivity index (χ4v) is 2.32. The minimum Gasteiger partial charge on any atom is -0.314 e. The van der Waals surface area contributed by atoms with E-state index in [2.05, 4.69) is 19.2 Å². The molecule has 1 saturated heterocycles. The molecule has 0 aromatic heterocycles. The Labute approximate surface area is 76.9 Å². The van der Waals surface area contributed by atoms with Crippen molar-refractivity contribution in [1.29, 1.82) is 0 Å². The first-order chi connectivity index (χ1) is 5.88. The van der Waals surface area contributed by atoms with Gasteiger partial charge in [0.25, 0.3) is 0 Å². The molecule has 0 aliphatic carbocycles. The van der Waals surface area contributed by atoms with Crippen molar-refractivity contribution >= 4 is 0 Å². The number of hydrogen-bond donors (Lipinski definition) is 1.